The summed E-state index contributed by atoms with van der Waals surface area (Å²) in [4.78, 5) is 11.5. The van der Waals surface area contributed by atoms with Crippen LogP contribution in [0.15, 0.2) is 36.1 Å². The summed E-state index contributed by atoms with van der Waals surface area (Å²) in [5, 5.41) is 0. The van der Waals surface area contributed by atoms with Crippen LogP contribution in [-0.2, 0) is 14.3 Å². The van der Waals surface area contributed by atoms with Gasteiger partial charge in [-0.15, -0.1) is 0 Å². The van der Waals surface area contributed by atoms with Crippen LogP contribution in [0.1, 0.15) is 5.56 Å². The normalized spacial score (nSPS) is 11.0. The van der Waals surface area contributed by atoms with Gasteiger partial charge in [0.2, 0.25) is 5.76 Å². The summed E-state index contributed by atoms with van der Waals surface area (Å²) in [5.41, 5.74) is 6.11. The van der Waals surface area contributed by atoms with Crippen molar-refractivity contribution in [2.75, 3.05) is 20.3 Å². The highest BCUT2D eigenvalue weighted by molar-refractivity contribution is 5.91. The first kappa shape index (κ1) is 12.3. The minimum atomic E-state index is -0.503. The largest absolute Gasteiger partial charge is 0.490 e. The minimum Gasteiger partial charge on any atom is -0.490 e. The van der Waals surface area contributed by atoms with E-state index in [1.807, 2.05) is 30.3 Å². The van der Waals surface area contributed by atoms with Crippen LogP contribution in [0.4, 0.5) is 0 Å². The monoisotopic (exact) mass is 221 g/mol. The highest BCUT2D eigenvalue weighted by atomic mass is 16.6. The molecule has 0 atom stereocenters. The highest BCUT2D eigenvalue weighted by Gasteiger charge is 2.10. The molecule has 0 spiro atoms. The number of nitrogens with two attached hydrogens (primary N) is 1. The molecule has 1 rings (SSSR count). The van der Waals surface area contributed by atoms with Gasteiger partial charge in [-0.05, 0) is 11.6 Å². The summed E-state index contributed by atoms with van der Waals surface area (Å²) in [5.74, 6) is -0.337. The molecule has 0 radical (unpaired) electrons. The zero-order chi connectivity index (χ0) is 11.8. The molecule has 86 valence electrons. The predicted molar refractivity (Wildman–Crippen MR) is 61.4 cm³/mol. The molecular weight excluding hydrogens is 206 g/mol. The Morgan fingerprint density at radius 1 is 1.38 bits per heavy atom. The molecule has 0 bridgehead atoms. The van der Waals surface area contributed by atoms with Crippen molar-refractivity contribution in [1.82, 2.24) is 0 Å². The van der Waals surface area contributed by atoms with Crippen molar-refractivity contribution in [2.24, 2.45) is 5.73 Å². The van der Waals surface area contributed by atoms with E-state index in [4.69, 9.17) is 15.2 Å². The maximum absolute atomic E-state index is 11.5. The van der Waals surface area contributed by atoms with Crippen LogP contribution in [-0.4, -0.2) is 26.2 Å². The van der Waals surface area contributed by atoms with E-state index in [9.17, 15) is 4.79 Å². The number of carbonyl (C=O) groups excluding carboxylic acids is 1. The maximum atomic E-state index is 11.5. The van der Waals surface area contributed by atoms with Crippen LogP contribution in [0.2, 0.25) is 0 Å². The number of esters is 1. The first-order valence-corrected chi connectivity index (χ1v) is 4.96. The number of methoxy groups -OCH3 is 1. The standard InChI is InChI=1S/C12H15NO3/c1-15-11(12(14)16-8-7-13)9-10-5-3-2-4-6-10/h2-6,9H,7-8,13H2,1H3. The van der Waals surface area contributed by atoms with Gasteiger partial charge in [0.25, 0.3) is 0 Å². The third-order valence-electron chi connectivity index (χ3n) is 1.87. The van der Waals surface area contributed by atoms with Gasteiger partial charge in [0.1, 0.15) is 6.61 Å². The Labute approximate surface area is 94.7 Å². The smallest absolute Gasteiger partial charge is 0.373 e. The average Bonchev–Trinajstić information content (AvgIpc) is 2.34. The van der Waals surface area contributed by atoms with Crippen molar-refractivity contribution in [3.63, 3.8) is 0 Å². The second-order valence-corrected chi connectivity index (χ2v) is 3.05. The molecule has 0 aliphatic rings. The van der Waals surface area contributed by atoms with Gasteiger partial charge >= 0.3 is 5.97 Å². The average molecular weight is 221 g/mol. The van der Waals surface area contributed by atoms with Crippen molar-refractivity contribution < 1.29 is 14.3 Å². The van der Waals surface area contributed by atoms with Gasteiger partial charge in [-0.2, -0.15) is 0 Å². The minimum absolute atomic E-state index is 0.166. The van der Waals surface area contributed by atoms with Crippen LogP contribution in [0.5, 0.6) is 0 Å². The molecule has 0 aliphatic carbocycles. The third kappa shape index (κ3) is 3.74. The van der Waals surface area contributed by atoms with E-state index in [2.05, 4.69) is 0 Å². The van der Waals surface area contributed by atoms with Gasteiger partial charge in [0.05, 0.1) is 7.11 Å². The molecule has 0 aliphatic heterocycles. The highest BCUT2D eigenvalue weighted by Crippen LogP contribution is 2.08. The van der Waals surface area contributed by atoms with Crippen molar-refractivity contribution >= 4 is 12.0 Å². The molecule has 0 saturated heterocycles. The maximum Gasteiger partial charge on any atom is 0.373 e. The molecule has 0 aromatic heterocycles. The fourth-order valence-corrected chi connectivity index (χ4v) is 1.12. The molecule has 2 N–H and O–H groups in total. The molecular formula is C12H15NO3. The van der Waals surface area contributed by atoms with Crippen LogP contribution < -0.4 is 5.73 Å². The molecule has 1 aromatic carbocycles. The molecule has 4 heteroatoms. The molecule has 16 heavy (non-hydrogen) atoms. The van der Waals surface area contributed by atoms with Crippen molar-refractivity contribution in [3.05, 3.63) is 41.7 Å². The zero-order valence-corrected chi connectivity index (χ0v) is 9.18. The van der Waals surface area contributed by atoms with E-state index in [1.165, 1.54) is 7.11 Å². The second kappa shape index (κ2) is 6.63. The van der Waals surface area contributed by atoms with Crippen LogP contribution in [0, 0.1) is 0 Å². The van der Waals surface area contributed by atoms with E-state index in [0.29, 0.717) is 6.54 Å². The van der Waals surface area contributed by atoms with E-state index in [-0.39, 0.29) is 12.4 Å². The Bertz CT molecular complexity index is 360. The SMILES string of the molecule is COC(=Cc1ccccc1)C(=O)OCCN. The number of benzene rings is 1. The Morgan fingerprint density at radius 3 is 2.62 bits per heavy atom. The Morgan fingerprint density at radius 2 is 2.06 bits per heavy atom. The number of ether oxygens (including phenoxy) is 2. The quantitative estimate of drug-likeness (QED) is 0.460. The summed E-state index contributed by atoms with van der Waals surface area (Å²) in [6, 6.07) is 9.40. The van der Waals surface area contributed by atoms with Crippen LogP contribution >= 0.6 is 0 Å². The topological polar surface area (TPSA) is 61.5 Å². The molecule has 0 heterocycles. The van der Waals surface area contributed by atoms with Crippen LogP contribution in [0.3, 0.4) is 0 Å². The summed E-state index contributed by atoms with van der Waals surface area (Å²) in [6.45, 7) is 0.488. The first-order chi connectivity index (χ1) is 7.77. The predicted octanol–water partition coefficient (Wildman–Crippen LogP) is 1.18. The van der Waals surface area contributed by atoms with E-state index in [1.54, 1.807) is 6.08 Å². The van der Waals surface area contributed by atoms with E-state index in [0.717, 1.165) is 5.56 Å². The van der Waals surface area contributed by atoms with E-state index >= 15 is 0 Å². The summed E-state index contributed by atoms with van der Waals surface area (Å²) in [6.07, 6.45) is 1.62. The molecule has 0 unspecified atom stereocenters. The van der Waals surface area contributed by atoms with Gasteiger partial charge in [-0.25, -0.2) is 4.79 Å². The summed E-state index contributed by atoms with van der Waals surface area (Å²) < 4.78 is 9.82. The summed E-state index contributed by atoms with van der Waals surface area (Å²) in [7, 11) is 1.43. The summed E-state index contributed by atoms with van der Waals surface area (Å²) >= 11 is 0. The molecule has 0 amide bonds. The Hall–Kier alpha value is -1.81. The van der Waals surface area contributed by atoms with Gasteiger partial charge in [-0.3, -0.25) is 0 Å². The first-order valence-electron chi connectivity index (χ1n) is 4.96. The second-order valence-electron chi connectivity index (χ2n) is 3.05. The molecule has 0 fully saturated rings. The Balaban J connectivity index is 2.74. The van der Waals surface area contributed by atoms with Gasteiger partial charge < -0.3 is 15.2 Å². The number of hydrogen-bond donors (Lipinski definition) is 1. The molecule has 0 saturated carbocycles. The molecule has 1 aromatic rings. The third-order valence-corrected chi connectivity index (χ3v) is 1.87. The van der Waals surface area contributed by atoms with Crippen molar-refractivity contribution in [1.29, 1.82) is 0 Å². The van der Waals surface area contributed by atoms with Crippen molar-refractivity contribution in [3.8, 4) is 0 Å². The Kier molecular flexibility index (Phi) is 5.08. The molecule has 4 nitrogen and oxygen atoms in total. The fraction of sp³-hybridized carbons (Fsp3) is 0.250. The lowest BCUT2D eigenvalue weighted by atomic mass is 10.2. The van der Waals surface area contributed by atoms with Gasteiger partial charge in [0, 0.05) is 6.54 Å². The zero-order valence-electron chi connectivity index (χ0n) is 9.18. The lowest BCUT2D eigenvalue weighted by Gasteiger charge is -2.06. The number of hydrogen-bond acceptors (Lipinski definition) is 4. The number of carbonyl (C=O) groups is 1. The lowest BCUT2D eigenvalue weighted by Crippen LogP contribution is -2.15. The fourth-order valence-electron chi connectivity index (χ4n) is 1.12. The van der Waals surface area contributed by atoms with Crippen molar-refractivity contribution in [2.45, 2.75) is 0 Å². The van der Waals surface area contributed by atoms with Gasteiger partial charge in [-0.1, -0.05) is 30.3 Å². The lowest BCUT2D eigenvalue weighted by molar-refractivity contribution is -0.142. The number of rotatable bonds is 5. The van der Waals surface area contributed by atoms with Crippen LogP contribution in [0.25, 0.3) is 6.08 Å². The van der Waals surface area contributed by atoms with E-state index < -0.39 is 5.97 Å². The van der Waals surface area contributed by atoms with Gasteiger partial charge in [0.15, 0.2) is 0 Å².